The number of amides is 1. The lowest BCUT2D eigenvalue weighted by Crippen LogP contribution is -2.39. The number of pyridine rings is 1. The van der Waals surface area contributed by atoms with Gasteiger partial charge in [-0.2, -0.15) is 0 Å². The van der Waals surface area contributed by atoms with Crippen molar-refractivity contribution in [2.45, 2.75) is 38.6 Å². The summed E-state index contributed by atoms with van der Waals surface area (Å²) in [5, 5.41) is 3.26. The molecule has 2 heterocycles. The highest BCUT2D eigenvalue weighted by atomic mass is 16.2. The standard InChI is InChI=1S/C15H23N3O/c1-13(14-8-4-5-9-16-14)17-12-15(19)18-10-6-2-3-7-11-18/h4-5,8-9,13,17H,2-3,6-7,10-12H2,1H3/t13-/m0/s1. The van der Waals surface area contributed by atoms with Crippen LogP contribution in [0.15, 0.2) is 24.4 Å². The second kappa shape index (κ2) is 7.24. The number of carbonyl (C=O) groups is 1. The summed E-state index contributed by atoms with van der Waals surface area (Å²) in [6.45, 7) is 4.27. The first kappa shape index (κ1) is 14.0. The molecule has 0 aromatic carbocycles. The molecule has 1 N–H and O–H groups in total. The molecule has 0 saturated carbocycles. The van der Waals surface area contributed by atoms with Crippen LogP contribution in [0, 0.1) is 0 Å². The Kier molecular flexibility index (Phi) is 5.33. The summed E-state index contributed by atoms with van der Waals surface area (Å²) in [6.07, 6.45) is 6.57. The van der Waals surface area contributed by atoms with E-state index in [1.54, 1.807) is 6.20 Å². The van der Waals surface area contributed by atoms with Gasteiger partial charge in [0.05, 0.1) is 12.2 Å². The van der Waals surface area contributed by atoms with Crippen LogP contribution in [-0.2, 0) is 4.79 Å². The van der Waals surface area contributed by atoms with Crippen LogP contribution in [-0.4, -0.2) is 35.4 Å². The second-order valence-electron chi connectivity index (χ2n) is 5.15. The zero-order valence-corrected chi connectivity index (χ0v) is 11.6. The van der Waals surface area contributed by atoms with Gasteiger partial charge in [0, 0.05) is 25.3 Å². The van der Waals surface area contributed by atoms with E-state index in [9.17, 15) is 4.79 Å². The highest BCUT2D eigenvalue weighted by Crippen LogP contribution is 2.11. The first-order valence-electron chi connectivity index (χ1n) is 7.19. The van der Waals surface area contributed by atoms with Crippen molar-refractivity contribution < 1.29 is 4.79 Å². The van der Waals surface area contributed by atoms with Gasteiger partial charge in [0.1, 0.15) is 0 Å². The third-order valence-electron chi connectivity index (χ3n) is 3.65. The maximum absolute atomic E-state index is 12.1. The van der Waals surface area contributed by atoms with Gasteiger partial charge in [-0.05, 0) is 31.9 Å². The van der Waals surface area contributed by atoms with Gasteiger partial charge in [0.25, 0.3) is 0 Å². The molecule has 1 aliphatic heterocycles. The highest BCUT2D eigenvalue weighted by molar-refractivity contribution is 5.78. The van der Waals surface area contributed by atoms with Crippen LogP contribution in [0.1, 0.15) is 44.3 Å². The Balaban J connectivity index is 1.79. The molecule has 0 bridgehead atoms. The molecule has 1 aliphatic rings. The minimum atomic E-state index is 0.108. The molecule has 1 saturated heterocycles. The topological polar surface area (TPSA) is 45.2 Å². The molecule has 0 spiro atoms. The van der Waals surface area contributed by atoms with Gasteiger partial charge in [0.15, 0.2) is 0 Å². The van der Waals surface area contributed by atoms with Crippen LogP contribution in [0.25, 0.3) is 0 Å². The Morgan fingerprint density at radius 2 is 2.05 bits per heavy atom. The molecule has 104 valence electrons. The third kappa shape index (κ3) is 4.31. The number of hydrogen-bond acceptors (Lipinski definition) is 3. The summed E-state index contributed by atoms with van der Waals surface area (Å²) >= 11 is 0. The average Bonchev–Trinajstić information content (AvgIpc) is 2.74. The molecular weight excluding hydrogens is 238 g/mol. The van der Waals surface area contributed by atoms with E-state index in [2.05, 4.69) is 10.3 Å². The Morgan fingerprint density at radius 3 is 2.68 bits per heavy atom. The van der Waals surface area contributed by atoms with E-state index in [0.717, 1.165) is 31.6 Å². The van der Waals surface area contributed by atoms with E-state index in [1.807, 2.05) is 30.0 Å². The molecule has 1 amide bonds. The van der Waals surface area contributed by atoms with Gasteiger partial charge >= 0.3 is 0 Å². The summed E-state index contributed by atoms with van der Waals surface area (Å²) < 4.78 is 0. The Hall–Kier alpha value is -1.42. The minimum Gasteiger partial charge on any atom is -0.342 e. The molecule has 1 atom stereocenters. The Bertz CT molecular complexity index is 386. The summed E-state index contributed by atoms with van der Waals surface area (Å²) in [7, 11) is 0. The van der Waals surface area contributed by atoms with Crippen LogP contribution in [0.2, 0.25) is 0 Å². The number of likely N-dealkylation sites (tertiary alicyclic amines) is 1. The van der Waals surface area contributed by atoms with Crippen molar-refractivity contribution in [3.8, 4) is 0 Å². The lowest BCUT2D eigenvalue weighted by molar-refractivity contribution is -0.130. The van der Waals surface area contributed by atoms with Crippen molar-refractivity contribution in [3.63, 3.8) is 0 Å². The number of rotatable bonds is 4. The van der Waals surface area contributed by atoms with Gasteiger partial charge in [-0.3, -0.25) is 9.78 Å². The lowest BCUT2D eigenvalue weighted by Gasteiger charge is -2.21. The van der Waals surface area contributed by atoms with Crippen LogP contribution >= 0.6 is 0 Å². The first-order chi connectivity index (χ1) is 9.27. The summed E-state index contributed by atoms with van der Waals surface area (Å²) in [6, 6.07) is 5.96. The summed E-state index contributed by atoms with van der Waals surface area (Å²) in [4.78, 5) is 18.4. The van der Waals surface area contributed by atoms with E-state index < -0.39 is 0 Å². The fourth-order valence-corrected chi connectivity index (χ4v) is 2.41. The van der Waals surface area contributed by atoms with Gasteiger partial charge in [-0.25, -0.2) is 0 Å². The number of nitrogens with zero attached hydrogens (tertiary/aromatic N) is 2. The van der Waals surface area contributed by atoms with Crippen molar-refractivity contribution in [2.24, 2.45) is 0 Å². The van der Waals surface area contributed by atoms with E-state index in [-0.39, 0.29) is 11.9 Å². The van der Waals surface area contributed by atoms with Crippen molar-refractivity contribution in [1.82, 2.24) is 15.2 Å². The smallest absolute Gasteiger partial charge is 0.236 e. The normalized spacial score (nSPS) is 17.8. The minimum absolute atomic E-state index is 0.108. The van der Waals surface area contributed by atoms with E-state index in [1.165, 1.54) is 12.8 Å². The molecular formula is C15H23N3O. The number of hydrogen-bond donors (Lipinski definition) is 1. The monoisotopic (exact) mass is 261 g/mol. The molecule has 2 rings (SSSR count). The number of nitrogens with one attached hydrogen (secondary N) is 1. The molecule has 0 aliphatic carbocycles. The molecule has 19 heavy (non-hydrogen) atoms. The zero-order valence-electron chi connectivity index (χ0n) is 11.6. The van der Waals surface area contributed by atoms with E-state index >= 15 is 0 Å². The SMILES string of the molecule is C[C@H](NCC(=O)N1CCCCCC1)c1ccccn1. The van der Waals surface area contributed by atoms with Gasteiger partial charge < -0.3 is 10.2 Å². The van der Waals surface area contributed by atoms with Crippen LogP contribution < -0.4 is 5.32 Å². The van der Waals surface area contributed by atoms with Crippen molar-refractivity contribution in [2.75, 3.05) is 19.6 Å². The number of aromatic nitrogens is 1. The number of carbonyl (C=O) groups excluding carboxylic acids is 1. The largest absolute Gasteiger partial charge is 0.342 e. The van der Waals surface area contributed by atoms with Crippen LogP contribution in [0.4, 0.5) is 0 Å². The van der Waals surface area contributed by atoms with Gasteiger partial charge in [-0.1, -0.05) is 18.9 Å². The molecule has 4 nitrogen and oxygen atoms in total. The molecule has 1 aromatic rings. The predicted octanol–water partition coefficient (Wildman–Crippen LogP) is 2.13. The van der Waals surface area contributed by atoms with Crippen LogP contribution in [0.3, 0.4) is 0 Å². The lowest BCUT2D eigenvalue weighted by atomic mass is 10.2. The Morgan fingerprint density at radius 1 is 1.32 bits per heavy atom. The zero-order chi connectivity index (χ0) is 13.5. The maximum atomic E-state index is 12.1. The Labute approximate surface area is 115 Å². The van der Waals surface area contributed by atoms with Gasteiger partial charge in [0.2, 0.25) is 5.91 Å². The molecule has 4 heteroatoms. The highest BCUT2D eigenvalue weighted by Gasteiger charge is 2.16. The van der Waals surface area contributed by atoms with Crippen molar-refractivity contribution in [3.05, 3.63) is 30.1 Å². The molecule has 0 radical (unpaired) electrons. The van der Waals surface area contributed by atoms with Gasteiger partial charge in [-0.15, -0.1) is 0 Å². The maximum Gasteiger partial charge on any atom is 0.236 e. The third-order valence-corrected chi connectivity index (χ3v) is 3.65. The summed E-state index contributed by atoms with van der Waals surface area (Å²) in [5.41, 5.74) is 0.978. The fraction of sp³-hybridized carbons (Fsp3) is 0.600. The van der Waals surface area contributed by atoms with E-state index in [0.29, 0.717) is 6.54 Å². The van der Waals surface area contributed by atoms with E-state index in [4.69, 9.17) is 0 Å². The quantitative estimate of drug-likeness (QED) is 0.903. The summed E-state index contributed by atoms with van der Waals surface area (Å²) in [5.74, 6) is 0.213. The predicted molar refractivity (Wildman–Crippen MR) is 75.7 cm³/mol. The van der Waals surface area contributed by atoms with Crippen molar-refractivity contribution >= 4 is 5.91 Å². The van der Waals surface area contributed by atoms with Crippen molar-refractivity contribution in [1.29, 1.82) is 0 Å². The molecule has 1 aromatic heterocycles. The molecule has 1 fully saturated rings. The average molecular weight is 261 g/mol. The molecule has 0 unspecified atom stereocenters. The first-order valence-corrected chi connectivity index (χ1v) is 7.19. The van der Waals surface area contributed by atoms with Crippen LogP contribution in [0.5, 0.6) is 0 Å². The second-order valence-corrected chi connectivity index (χ2v) is 5.15. The fourth-order valence-electron chi connectivity index (χ4n) is 2.41.